The molecule has 2 aliphatic heterocycles. The third-order valence-electron chi connectivity index (χ3n) is 9.26. The minimum Gasteiger partial charge on any atom is -0.497 e. The standard InChI is InChI=1S/C37H43N2O12P/c1-4-48-52(42,43)51-32-30(49-34(39-22-19-31(40)38-35(39)41)33(32)50-36(45-3)20-23-46-24-21-36)25-47-37(26-11-7-5-8-12-26,27-13-9-6-10-14-27)28-15-17-29(44-2)18-16-28/h5-19,22,30,32-34H,4,20-21,23-25H2,1-3H3,(H,42,43)(H,38,40,41)/t30-,32-,33-,34-/m1/s1. The number of phosphoric ester groups is 1. The van der Waals surface area contributed by atoms with Crippen LogP contribution < -0.4 is 16.0 Å². The molecule has 278 valence electrons. The lowest BCUT2D eigenvalue weighted by atomic mass is 9.80. The second-order valence-electron chi connectivity index (χ2n) is 12.3. The number of methoxy groups -OCH3 is 2. The summed E-state index contributed by atoms with van der Waals surface area (Å²) < 4.78 is 62.7. The molecule has 15 heteroatoms. The lowest BCUT2D eigenvalue weighted by Crippen LogP contribution is -2.50. The number of aromatic nitrogens is 2. The van der Waals surface area contributed by atoms with Gasteiger partial charge in [-0.05, 0) is 35.7 Å². The molecule has 14 nitrogen and oxygen atoms in total. The van der Waals surface area contributed by atoms with Crippen LogP contribution in [0.25, 0.3) is 0 Å². The number of aromatic amines is 1. The van der Waals surface area contributed by atoms with Crippen molar-refractivity contribution < 1.29 is 46.9 Å². The Labute approximate surface area is 300 Å². The SMILES string of the molecule is CCOP(=O)(O)O[C@H]1[C@@H](OC2(OC)CCOCC2)[C@H](n2ccc(=O)[nH]c2=O)O[C@@H]1COC(c1ccccc1)(c1ccccc1)c1ccc(OC)cc1. The maximum atomic E-state index is 13.4. The van der Waals surface area contributed by atoms with Gasteiger partial charge in [0, 0.05) is 32.2 Å². The molecule has 0 bridgehead atoms. The van der Waals surface area contributed by atoms with E-state index in [1.54, 1.807) is 14.0 Å². The molecule has 0 spiro atoms. The molecule has 2 aliphatic rings. The summed E-state index contributed by atoms with van der Waals surface area (Å²) >= 11 is 0. The Morgan fingerprint density at radius 3 is 2.08 bits per heavy atom. The van der Waals surface area contributed by atoms with E-state index in [-0.39, 0.29) is 13.2 Å². The van der Waals surface area contributed by atoms with Crippen molar-refractivity contribution in [1.82, 2.24) is 9.55 Å². The van der Waals surface area contributed by atoms with Gasteiger partial charge in [0.2, 0.25) is 0 Å². The number of phosphoric acid groups is 1. The largest absolute Gasteiger partial charge is 0.497 e. The van der Waals surface area contributed by atoms with Crippen LogP contribution >= 0.6 is 7.82 Å². The van der Waals surface area contributed by atoms with Gasteiger partial charge >= 0.3 is 13.5 Å². The molecular weight excluding hydrogens is 695 g/mol. The van der Waals surface area contributed by atoms with Crippen LogP contribution in [0.4, 0.5) is 0 Å². The summed E-state index contributed by atoms with van der Waals surface area (Å²) in [4.78, 5) is 38.5. The summed E-state index contributed by atoms with van der Waals surface area (Å²) in [5, 5.41) is 0. The summed E-state index contributed by atoms with van der Waals surface area (Å²) in [7, 11) is -1.65. The van der Waals surface area contributed by atoms with Crippen LogP contribution in [0, 0.1) is 0 Å². The topological polar surface area (TPSA) is 166 Å². The number of nitrogens with zero attached hydrogens (tertiary/aromatic N) is 1. The predicted molar refractivity (Wildman–Crippen MR) is 188 cm³/mol. The lowest BCUT2D eigenvalue weighted by Gasteiger charge is -2.40. The zero-order valence-electron chi connectivity index (χ0n) is 29.1. The summed E-state index contributed by atoms with van der Waals surface area (Å²) in [6, 6.07) is 27.8. The van der Waals surface area contributed by atoms with E-state index in [1.165, 1.54) is 19.4 Å². The Hall–Kier alpha value is -3.95. The Morgan fingerprint density at radius 1 is 0.904 bits per heavy atom. The maximum Gasteiger partial charge on any atom is 0.472 e. The average molecular weight is 739 g/mol. The first kappa shape index (κ1) is 37.8. The van der Waals surface area contributed by atoms with Crippen LogP contribution in [-0.4, -0.2) is 79.2 Å². The van der Waals surface area contributed by atoms with Gasteiger partial charge in [0.05, 0.1) is 33.5 Å². The van der Waals surface area contributed by atoms with Crippen LogP contribution in [0.2, 0.25) is 0 Å². The van der Waals surface area contributed by atoms with Crippen LogP contribution in [-0.2, 0) is 42.9 Å². The van der Waals surface area contributed by atoms with Crippen LogP contribution in [0.15, 0.2) is 107 Å². The van der Waals surface area contributed by atoms with Crippen molar-refractivity contribution in [3.63, 3.8) is 0 Å². The van der Waals surface area contributed by atoms with E-state index in [1.807, 2.05) is 84.9 Å². The summed E-state index contributed by atoms with van der Waals surface area (Å²) in [6.45, 7) is 1.82. The third-order valence-corrected chi connectivity index (χ3v) is 10.4. The Bertz CT molecular complexity index is 1880. The molecular formula is C37H43N2O12P. The molecule has 2 saturated heterocycles. The fraction of sp³-hybridized carbons (Fsp3) is 0.405. The van der Waals surface area contributed by atoms with Crippen molar-refractivity contribution in [2.45, 2.75) is 55.7 Å². The highest BCUT2D eigenvalue weighted by Crippen LogP contribution is 2.50. The first-order chi connectivity index (χ1) is 25.1. The highest BCUT2D eigenvalue weighted by Gasteiger charge is 2.55. The quantitative estimate of drug-likeness (QED) is 0.0998. The summed E-state index contributed by atoms with van der Waals surface area (Å²) in [5.74, 6) is -0.574. The number of hydrogen-bond acceptors (Lipinski definition) is 11. The Morgan fingerprint density at radius 2 is 1.52 bits per heavy atom. The fourth-order valence-electron chi connectivity index (χ4n) is 6.72. The lowest BCUT2D eigenvalue weighted by molar-refractivity contribution is -0.292. The maximum absolute atomic E-state index is 13.4. The minimum atomic E-state index is -4.73. The highest BCUT2D eigenvalue weighted by atomic mass is 31.2. The Kier molecular flexibility index (Phi) is 11.9. The van der Waals surface area contributed by atoms with Crippen molar-refractivity contribution in [2.75, 3.05) is 40.6 Å². The second kappa shape index (κ2) is 16.4. The molecule has 0 saturated carbocycles. The number of H-pyrrole nitrogens is 1. The molecule has 1 unspecified atom stereocenters. The monoisotopic (exact) mass is 738 g/mol. The number of ether oxygens (including phenoxy) is 6. The molecule has 6 rings (SSSR count). The van der Waals surface area contributed by atoms with Gasteiger partial charge in [-0.25, -0.2) is 9.36 Å². The molecule has 4 aromatic rings. The van der Waals surface area contributed by atoms with E-state index in [2.05, 4.69) is 4.98 Å². The molecule has 2 fully saturated rings. The van der Waals surface area contributed by atoms with E-state index < -0.39 is 55.0 Å². The zero-order valence-corrected chi connectivity index (χ0v) is 30.0. The van der Waals surface area contributed by atoms with Gasteiger partial charge in [0.15, 0.2) is 12.0 Å². The molecule has 1 aromatic heterocycles. The van der Waals surface area contributed by atoms with E-state index in [4.69, 9.17) is 37.5 Å². The third kappa shape index (κ3) is 8.01. The molecule has 0 radical (unpaired) electrons. The number of hydrogen-bond donors (Lipinski definition) is 2. The van der Waals surface area contributed by atoms with Crippen LogP contribution in [0.3, 0.4) is 0 Å². The number of benzene rings is 3. The smallest absolute Gasteiger partial charge is 0.472 e. The number of rotatable bonds is 15. The number of nitrogens with one attached hydrogen (secondary N) is 1. The molecule has 0 aliphatic carbocycles. The zero-order chi connectivity index (χ0) is 36.8. The van der Waals surface area contributed by atoms with Crippen LogP contribution in [0.5, 0.6) is 5.75 Å². The fourth-order valence-corrected chi connectivity index (χ4v) is 7.67. The molecule has 3 heterocycles. The molecule has 5 atom stereocenters. The first-order valence-corrected chi connectivity index (χ1v) is 18.5. The van der Waals surface area contributed by atoms with E-state index in [9.17, 15) is 19.0 Å². The van der Waals surface area contributed by atoms with Crippen LogP contribution in [0.1, 0.15) is 42.7 Å². The molecule has 3 aromatic carbocycles. The molecule has 52 heavy (non-hydrogen) atoms. The Balaban J connectivity index is 1.48. The van der Waals surface area contributed by atoms with Gasteiger partial charge in [0.25, 0.3) is 5.56 Å². The van der Waals surface area contributed by atoms with Gasteiger partial charge in [-0.3, -0.25) is 23.4 Å². The molecule has 2 N–H and O–H groups in total. The normalized spacial score (nSPS) is 22.8. The second-order valence-corrected chi connectivity index (χ2v) is 13.7. The van der Waals surface area contributed by atoms with Gasteiger partial charge in [-0.2, -0.15) is 0 Å². The summed E-state index contributed by atoms with van der Waals surface area (Å²) in [5.41, 5.74) is -0.332. The first-order valence-electron chi connectivity index (χ1n) is 17.0. The van der Waals surface area contributed by atoms with Crippen molar-refractivity contribution in [3.8, 4) is 5.75 Å². The van der Waals surface area contributed by atoms with Crippen molar-refractivity contribution in [3.05, 3.63) is 135 Å². The van der Waals surface area contributed by atoms with Crippen molar-refractivity contribution in [2.24, 2.45) is 0 Å². The minimum absolute atomic E-state index is 0.126. The van der Waals surface area contributed by atoms with Gasteiger partial charge < -0.3 is 33.3 Å². The average Bonchev–Trinajstić information content (AvgIpc) is 3.47. The predicted octanol–water partition coefficient (Wildman–Crippen LogP) is 4.51. The van der Waals surface area contributed by atoms with Gasteiger partial charge in [-0.15, -0.1) is 0 Å². The van der Waals surface area contributed by atoms with Gasteiger partial charge in [0.1, 0.15) is 29.7 Å². The van der Waals surface area contributed by atoms with Crippen molar-refractivity contribution >= 4 is 7.82 Å². The summed E-state index contributed by atoms with van der Waals surface area (Å²) in [6.07, 6.45) is -3.14. The van der Waals surface area contributed by atoms with E-state index in [0.29, 0.717) is 31.8 Å². The van der Waals surface area contributed by atoms with E-state index in [0.717, 1.165) is 21.3 Å². The molecule has 0 amide bonds. The van der Waals surface area contributed by atoms with Crippen molar-refractivity contribution in [1.29, 1.82) is 0 Å². The highest BCUT2D eigenvalue weighted by molar-refractivity contribution is 7.47. The van der Waals surface area contributed by atoms with E-state index >= 15 is 0 Å². The van der Waals surface area contributed by atoms with Gasteiger partial charge in [-0.1, -0.05) is 72.8 Å².